The second-order valence-electron chi connectivity index (χ2n) is 7.66. The van der Waals surface area contributed by atoms with Crippen molar-refractivity contribution < 1.29 is 14.1 Å². The highest BCUT2D eigenvalue weighted by molar-refractivity contribution is 5.91. The van der Waals surface area contributed by atoms with Crippen molar-refractivity contribution in [3.05, 3.63) is 30.0 Å². The number of nitrogens with one attached hydrogen (secondary N) is 1. The van der Waals surface area contributed by atoms with Gasteiger partial charge in [-0.2, -0.15) is 0 Å². The third kappa shape index (κ3) is 3.76. The van der Waals surface area contributed by atoms with E-state index in [2.05, 4.69) is 27.1 Å². The van der Waals surface area contributed by atoms with Crippen molar-refractivity contribution in [3.8, 4) is 0 Å². The third-order valence-corrected chi connectivity index (χ3v) is 6.08. The summed E-state index contributed by atoms with van der Waals surface area (Å²) in [6, 6.07) is 4.21. The van der Waals surface area contributed by atoms with Crippen LogP contribution in [0.15, 0.2) is 22.8 Å². The Hall–Kier alpha value is -2.22. The fourth-order valence-electron chi connectivity index (χ4n) is 4.57. The topological polar surface area (TPSA) is 81.5 Å². The van der Waals surface area contributed by atoms with Crippen LogP contribution in [-0.2, 0) is 0 Å². The van der Waals surface area contributed by atoms with Gasteiger partial charge in [0.05, 0.1) is 38.5 Å². The van der Waals surface area contributed by atoms with Crippen molar-refractivity contribution in [1.29, 1.82) is 0 Å². The molecule has 146 valence electrons. The molecule has 1 N–H and O–H groups in total. The van der Waals surface area contributed by atoms with E-state index in [0.717, 1.165) is 38.4 Å². The van der Waals surface area contributed by atoms with Crippen LogP contribution in [0, 0.1) is 0 Å². The average Bonchev–Trinajstić information content (AvgIpc) is 3.42. The number of hydrogen-bond acceptors (Lipinski definition) is 5. The average molecular weight is 373 g/mol. The summed E-state index contributed by atoms with van der Waals surface area (Å²) in [4.78, 5) is 15.8. The van der Waals surface area contributed by atoms with Gasteiger partial charge in [0.25, 0.3) is 5.91 Å². The van der Waals surface area contributed by atoms with Crippen molar-refractivity contribution in [2.75, 3.05) is 26.2 Å². The van der Waals surface area contributed by atoms with Gasteiger partial charge in [0.15, 0.2) is 5.76 Å². The highest BCUT2D eigenvalue weighted by Gasteiger charge is 2.34. The van der Waals surface area contributed by atoms with E-state index in [4.69, 9.17) is 4.42 Å². The summed E-state index contributed by atoms with van der Waals surface area (Å²) in [5.74, 6) is 1.43. The molecular formula is C19H29N6O2+. The van der Waals surface area contributed by atoms with Gasteiger partial charge in [0.1, 0.15) is 6.04 Å². The maximum Gasteiger partial charge on any atom is 0.289 e. The molecule has 2 aromatic heterocycles. The Morgan fingerprint density at radius 1 is 1.30 bits per heavy atom. The van der Waals surface area contributed by atoms with E-state index < -0.39 is 0 Å². The number of piperazine rings is 1. The van der Waals surface area contributed by atoms with Crippen LogP contribution in [0.4, 0.5) is 0 Å². The zero-order valence-electron chi connectivity index (χ0n) is 16.0. The summed E-state index contributed by atoms with van der Waals surface area (Å²) in [5.41, 5.74) is 0. The van der Waals surface area contributed by atoms with Crippen LogP contribution in [0.25, 0.3) is 0 Å². The Labute approximate surface area is 159 Å². The molecule has 0 unspecified atom stereocenters. The van der Waals surface area contributed by atoms with Gasteiger partial charge in [0.2, 0.25) is 5.82 Å². The molecule has 0 bridgehead atoms. The highest BCUT2D eigenvalue weighted by Crippen LogP contribution is 2.29. The molecule has 0 radical (unpaired) electrons. The van der Waals surface area contributed by atoms with Gasteiger partial charge in [-0.25, -0.2) is 4.68 Å². The molecule has 1 atom stereocenters. The number of carbonyl (C=O) groups is 1. The molecule has 2 fully saturated rings. The Morgan fingerprint density at radius 2 is 2.07 bits per heavy atom. The van der Waals surface area contributed by atoms with E-state index in [-0.39, 0.29) is 11.9 Å². The predicted molar refractivity (Wildman–Crippen MR) is 98.3 cm³/mol. The van der Waals surface area contributed by atoms with Gasteiger partial charge in [-0.3, -0.25) is 4.79 Å². The van der Waals surface area contributed by atoms with Gasteiger partial charge < -0.3 is 14.2 Å². The van der Waals surface area contributed by atoms with Gasteiger partial charge in [0, 0.05) is 6.42 Å². The lowest BCUT2D eigenvalue weighted by Gasteiger charge is -2.36. The molecule has 2 aliphatic rings. The molecule has 8 heteroatoms. The zero-order chi connectivity index (χ0) is 18.6. The van der Waals surface area contributed by atoms with E-state index in [1.165, 1.54) is 37.0 Å². The van der Waals surface area contributed by atoms with Crippen LogP contribution in [0.3, 0.4) is 0 Å². The van der Waals surface area contributed by atoms with Gasteiger partial charge >= 0.3 is 0 Å². The fraction of sp³-hybridized carbons (Fsp3) is 0.684. The van der Waals surface area contributed by atoms with E-state index >= 15 is 0 Å². The summed E-state index contributed by atoms with van der Waals surface area (Å²) in [6.45, 7) is 5.48. The molecular weight excluding hydrogens is 344 g/mol. The number of rotatable bonds is 5. The maximum absolute atomic E-state index is 12.5. The summed E-state index contributed by atoms with van der Waals surface area (Å²) in [5, 5.41) is 12.8. The molecule has 3 heterocycles. The lowest BCUT2D eigenvalue weighted by Crippen LogP contribution is -3.15. The Balaban J connectivity index is 1.42. The molecule has 2 aromatic rings. The molecule has 1 amide bonds. The number of tetrazole rings is 1. The SMILES string of the molecule is CC[C@@H](c1nnnn1C1CCCCC1)[NH+]1CCN(C(=O)c2ccco2)CC1. The number of aromatic nitrogens is 4. The molecule has 0 spiro atoms. The van der Waals surface area contributed by atoms with Crippen molar-refractivity contribution in [1.82, 2.24) is 25.1 Å². The first-order valence-electron chi connectivity index (χ1n) is 10.2. The molecule has 1 saturated heterocycles. The number of nitrogens with zero attached hydrogens (tertiary/aromatic N) is 5. The first-order chi connectivity index (χ1) is 13.3. The summed E-state index contributed by atoms with van der Waals surface area (Å²) in [6.07, 6.45) is 8.75. The van der Waals surface area contributed by atoms with E-state index in [1.807, 2.05) is 4.90 Å². The Bertz CT molecular complexity index is 729. The summed E-state index contributed by atoms with van der Waals surface area (Å²) < 4.78 is 7.36. The molecule has 1 saturated carbocycles. The molecule has 0 aromatic carbocycles. The molecule has 8 nitrogen and oxygen atoms in total. The van der Waals surface area contributed by atoms with Gasteiger partial charge in [-0.15, -0.1) is 5.10 Å². The number of quaternary nitrogens is 1. The summed E-state index contributed by atoms with van der Waals surface area (Å²) in [7, 11) is 0. The van der Waals surface area contributed by atoms with E-state index in [9.17, 15) is 4.79 Å². The third-order valence-electron chi connectivity index (χ3n) is 6.08. The van der Waals surface area contributed by atoms with Crippen LogP contribution < -0.4 is 4.90 Å². The zero-order valence-corrected chi connectivity index (χ0v) is 16.0. The number of carbonyl (C=O) groups excluding carboxylic acids is 1. The van der Waals surface area contributed by atoms with Crippen LogP contribution >= 0.6 is 0 Å². The molecule has 27 heavy (non-hydrogen) atoms. The first kappa shape index (κ1) is 18.2. The molecule has 1 aliphatic carbocycles. The minimum Gasteiger partial charge on any atom is -0.459 e. The van der Waals surface area contributed by atoms with Gasteiger partial charge in [-0.05, 0) is 35.4 Å². The standard InChI is InChI=1S/C19H28N6O2/c1-2-16(18-20-21-22-25(18)15-7-4-3-5-8-15)23-10-12-24(13-11-23)19(26)17-9-6-14-27-17/h6,9,14-16H,2-5,7-8,10-13H2,1H3/p+1/t16-/m0/s1. The quantitative estimate of drug-likeness (QED) is 0.853. The van der Waals surface area contributed by atoms with Crippen molar-refractivity contribution in [2.24, 2.45) is 0 Å². The molecule has 4 rings (SSSR count). The van der Waals surface area contributed by atoms with Crippen molar-refractivity contribution in [3.63, 3.8) is 0 Å². The Morgan fingerprint density at radius 3 is 2.74 bits per heavy atom. The second kappa shape index (κ2) is 8.21. The monoisotopic (exact) mass is 373 g/mol. The van der Waals surface area contributed by atoms with Crippen molar-refractivity contribution >= 4 is 5.91 Å². The Kier molecular flexibility index (Phi) is 5.52. The van der Waals surface area contributed by atoms with E-state index in [1.54, 1.807) is 18.4 Å². The first-order valence-corrected chi connectivity index (χ1v) is 10.2. The molecule has 1 aliphatic heterocycles. The number of hydrogen-bond donors (Lipinski definition) is 1. The van der Waals surface area contributed by atoms with Crippen LogP contribution in [-0.4, -0.2) is 57.2 Å². The van der Waals surface area contributed by atoms with E-state index in [0.29, 0.717) is 11.8 Å². The number of furan rings is 1. The largest absolute Gasteiger partial charge is 0.459 e. The van der Waals surface area contributed by atoms with Crippen LogP contribution in [0.1, 0.15) is 73.9 Å². The lowest BCUT2D eigenvalue weighted by atomic mass is 9.95. The highest BCUT2D eigenvalue weighted by atomic mass is 16.3. The normalized spacial score (nSPS) is 20.7. The van der Waals surface area contributed by atoms with Crippen LogP contribution in [0.2, 0.25) is 0 Å². The second-order valence-corrected chi connectivity index (χ2v) is 7.66. The van der Waals surface area contributed by atoms with Crippen molar-refractivity contribution in [2.45, 2.75) is 57.5 Å². The van der Waals surface area contributed by atoms with Gasteiger partial charge in [-0.1, -0.05) is 26.2 Å². The lowest BCUT2D eigenvalue weighted by molar-refractivity contribution is -0.936. The smallest absolute Gasteiger partial charge is 0.289 e. The predicted octanol–water partition coefficient (Wildman–Crippen LogP) is 1.26. The summed E-state index contributed by atoms with van der Waals surface area (Å²) >= 11 is 0. The van der Waals surface area contributed by atoms with Crippen LogP contribution in [0.5, 0.6) is 0 Å². The maximum atomic E-state index is 12.5. The fourth-order valence-corrected chi connectivity index (χ4v) is 4.57. The minimum absolute atomic E-state index is 0.0147. The minimum atomic E-state index is -0.0147. The number of amides is 1.